The van der Waals surface area contributed by atoms with Gasteiger partial charge in [-0.1, -0.05) is 12.1 Å². The summed E-state index contributed by atoms with van der Waals surface area (Å²) in [5.74, 6) is -0.702. The minimum absolute atomic E-state index is 0.112. The Bertz CT molecular complexity index is 630. The molecule has 5 heteroatoms. The van der Waals surface area contributed by atoms with Gasteiger partial charge in [0.2, 0.25) is 0 Å². The van der Waals surface area contributed by atoms with E-state index in [4.69, 9.17) is 15.2 Å². The summed E-state index contributed by atoms with van der Waals surface area (Å²) in [5.41, 5.74) is 7.27. The van der Waals surface area contributed by atoms with Gasteiger partial charge in [-0.05, 0) is 42.3 Å². The fourth-order valence-corrected chi connectivity index (χ4v) is 1.88. The molecule has 0 heterocycles. The lowest BCUT2D eigenvalue weighted by atomic mass is 10.1. The number of benzene rings is 2. The van der Waals surface area contributed by atoms with Gasteiger partial charge in [-0.15, -0.1) is 0 Å². The Morgan fingerprint density at radius 3 is 2.43 bits per heavy atom. The molecule has 1 atom stereocenters. The highest BCUT2D eigenvalue weighted by atomic mass is 19.2. The molecule has 21 heavy (non-hydrogen) atoms. The van der Waals surface area contributed by atoms with Gasteiger partial charge in [0.25, 0.3) is 0 Å². The van der Waals surface area contributed by atoms with Crippen LogP contribution in [0.5, 0.6) is 11.5 Å². The number of ether oxygens (including phenoxy) is 2. The topological polar surface area (TPSA) is 44.5 Å². The number of nitrogens with two attached hydrogens (primary N) is 1. The van der Waals surface area contributed by atoms with E-state index in [2.05, 4.69) is 0 Å². The molecular weight excluding hydrogens is 276 g/mol. The molecule has 0 saturated carbocycles. The van der Waals surface area contributed by atoms with Crippen molar-refractivity contribution in [1.29, 1.82) is 0 Å². The molecule has 1 unspecified atom stereocenters. The molecule has 2 N–H and O–H groups in total. The van der Waals surface area contributed by atoms with E-state index < -0.39 is 11.6 Å². The van der Waals surface area contributed by atoms with E-state index in [1.165, 1.54) is 13.2 Å². The van der Waals surface area contributed by atoms with Gasteiger partial charge < -0.3 is 15.2 Å². The summed E-state index contributed by atoms with van der Waals surface area (Å²) in [4.78, 5) is 0. The second-order valence-electron chi connectivity index (χ2n) is 4.74. The lowest BCUT2D eigenvalue weighted by Gasteiger charge is -2.13. The second-order valence-corrected chi connectivity index (χ2v) is 4.74. The summed E-state index contributed by atoms with van der Waals surface area (Å²) < 4.78 is 36.8. The average Bonchev–Trinajstić information content (AvgIpc) is 2.48. The van der Waals surface area contributed by atoms with Crippen molar-refractivity contribution in [3.8, 4) is 11.5 Å². The van der Waals surface area contributed by atoms with Crippen LogP contribution in [0.15, 0.2) is 36.4 Å². The van der Waals surface area contributed by atoms with Crippen LogP contribution in [0.25, 0.3) is 0 Å². The Hall–Kier alpha value is -2.14. The van der Waals surface area contributed by atoms with E-state index in [1.807, 2.05) is 13.0 Å². The summed E-state index contributed by atoms with van der Waals surface area (Å²) >= 11 is 0. The van der Waals surface area contributed by atoms with E-state index in [1.54, 1.807) is 12.1 Å². The standard InChI is InChI=1S/C16H17F2NO2/c1-10(19)12-4-6-15(16(8-12)20-2)21-9-11-3-5-13(17)14(18)7-11/h3-8,10H,9,19H2,1-2H3. The summed E-state index contributed by atoms with van der Waals surface area (Å²) in [7, 11) is 1.53. The number of rotatable bonds is 5. The van der Waals surface area contributed by atoms with Gasteiger partial charge in [-0.25, -0.2) is 8.78 Å². The first-order chi connectivity index (χ1) is 10.0. The maximum atomic E-state index is 13.1. The minimum Gasteiger partial charge on any atom is -0.493 e. The van der Waals surface area contributed by atoms with Crippen LogP contribution in [0.2, 0.25) is 0 Å². The van der Waals surface area contributed by atoms with E-state index >= 15 is 0 Å². The maximum absolute atomic E-state index is 13.1. The van der Waals surface area contributed by atoms with Crippen LogP contribution < -0.4 is 15.2 Å². The van der Waals surface area contributed by atoms with Crippen molar-refractivity contribution in [2.75, 3.05) is 7.11 Å². The first-order valence-electron chi connectivity index (χ1n) is 6.51. The summed E-state index contributed by atoms with van der Waals surface area (Å²) in [5, 5.41) is 0. The minimum atomic E-state index is -0.893. The van der Waals surface area contributed by atoms with Crippen LogP contribution >= 0.6 is 0 Å². The predicted octanol–water partition coefficient (Wildman–Crippen LogP) is 3.57. The number of methoxy groups -OCH3 is 1. The van der Waals surface area contributed by atoms with Crippen molar-refractivity contribution in [2.45, 2.75) is 19.6 Å². The van der Waals surface area contributed by atoms with Crippen LogP contribution in [-0.4, -0.2) is 7.11 Å². The summed E-state index contributed by atoms with van der Waals surface area (Å²) in [6, 6.07) is 8.93. The van der Waals surface area contributed by atoms with E-state index in [9.17, 15) is 8.78 Å². The average molecular weight is 293 g/mol. The van der Waals surface area contributed by atoms with E-state index in [-0.39, 0.29) is 12.6 Å². The highest BCUT2D eigenvalue weighted by Crippen LogP contribution is 2.30. The van der Waals surface area contributed by atoms with Crippen LogP contribution in [0.1, 0.15) is 24.1 Å². The zero-order chi connectivity index (χ0) is 15.4. The lowest BCUT2D eigenvalue weighted by Crippen LogP contribution is -2.06. The molecule has 0 aliphatic carbocycles. The molecule has 0 amide bonds. The van der Waals surface area contributed by atoms with Gasteiger partial charge in [0.05, 0.1) is 7.11 Å². The van der Waals surface area contributed by atoms with Crippen molar-refractivity contribution in [1.82, 2.24) is 0 Å². The van der Waals surface area contributed by atoms with E-state index in [0.29, 0.717) is 17.1 Å². The summed E-state index contributed by atoms with van der Waals surface area (Å²) in [6.45, 7) is 1.99. The first kappa shape index (κ1) is 15.3. The smallest absolute Gasteiger partial charge is 0.161 e. The van der Waals surface area contributed by atoms with Crippen molar-refractivity contribution in [3.63, 3.8) is 0 Å². The Labute approximate surface area is 122 Å². The molecule has 2 aromatic rings. The van der Waals surface area contributed by atoms with Crippen molar-refractivity contribution in [2.24, 2.45) is 5.73 Å². The molecule has 0 bridgehead atoms. The lowest BCUT2D eigenvalue weighted by molar-refractivity contribution is 0.283. The van der Waals surface area contributed by atoms with Crippen LogP contribution in [-0.2, 0) is 6.61 Å². The Morgan fingerprint density at radius 2 is 1.81 bits per heavy atom. The SMILES string of the molecule is COc1cc(C(C)N)ccc1OCc1ccc(F)c(F)c1. The van der Waals surface area contributed by atoms with Crippen molar-refractivity contribution >= 4 is 0 Å². The van der Waals surface area contributed by atoms with Gasteiger partial charge in [-0.3, -0.25) is 0 Å². The van der Waals surface area contributed by atoms with Gasteiger partial charge in [0, 0.05) is 6.04 Å². The molecule has 112 valence electrons. The molecule has 0 aliphatic rings. The number of hydrogen-bond donors (Lipinski definition) is 1. The Morgan fingerprint density at radius 1 is 1.05 bits per heavy atom. The van der Waals surface area contributed by atoms with Crippen LogP contribution in [0, 0.1) is 11.6 Å². The molecule has 3 nitrogen and oxygen atoms in total. The third-order valence-electron chi connectivity index (χ3n) is 3.09. The highest BCUT2D eigenvalue weighted by Gasteiger charge is 2.09. The fourth-order valence-electron chi connectivity index (χ4n) is 1.88. The summed E-state index contributed by atoms with van der Waals surface area (Å²) in [6.07, 6.45) is 0. The second kappa shape index (κ2) is 6.54. The molecule has 0 saturated heterocycles. The number of halogens is 2. The fraction of sp³-hybridized carbons (Fsp3) is 0.250. The van der Waals surface area contributed by atoms with Gasteiger partial charge >= 0.3 is 0 Å². The third kappa shape index (κ3) is 3.70. The molecule has 0 radical (unpaired) electrons. The molecule has 2 aromatic carbocycles. The highest BCUT2D eigenvalue weighted by molar-refractivity contribution is 5.43. The first-order valence-corrected chi connectivity index (χ1v) is 6.51. The van der Waals surface area contributed by atoms with Gasteiger partial charge in [0.1, 0.15) is 6.61 Å². The number of hydrogen-bond acceptors (Lipinski definition) is 3. The third-order valence-corrected chi connectivity index (χ3v) is 3.09. The molecule has 0 aromatic heterocycles. The Kier molecular flexibility index (Phi) is 4.75. The molecular formula is C16H17F2NO2. The molecule has 0 fully saturated rings. The van der Waals surface area contributed by atoms with Crippen LogP contribution in [0.4, 0.5) is 8.78 Å². The quantitative estimate of drug-likeness (QED) is 0.916. The largest absolute Gasteiger partial charge is 0.493 e. The van der Waals surface area contributed by atoms with Crippen molar-refractivity contribution < 1.29 is 18.3 Å². The van der Waals surface area contributed by atoms with E-state index in [0.717, 1.165) is 17.7 Å². The zero-order valence-corrected chi connectivity index (χ0v) is 11.9. The van der Waals surface area contributed by atoms with Crippen LogP contribution in [0.3, 0.4) is 0 Å². The van der Waals surface area contributed by atoms with Gasteiger partial charge in [0.15, 0.2) is 23.1 Å². The maximum Gasteiger partial charge on any atom is 0.161 e. The predicted molar refractivity (Wildman–Crippen MR) is 76.3 cm³/mol. The Balaban J connectivity index is 2.13. The van der Waals surface area contributed by atoms with Crippen molar-refractivity contribution in [3.05, 3.63) is 59.2 Å². The van der Waals surface area contributed by atoms with Gasteiger partial charge in [-0.2, -0.15) is 0 Å². The monoisotopic (exact) mass is 293 g/mol. The molecule has 0 aliphatic heterocycles. The normalized spacial score (nSPS) is 12.0. The molecule has 2 rings (SSSR count). The molecule has 0 spiro atoms. The zero-order valence-electron chi connectivity index (χ0n) is 11.9.